The van der Waals surface area contributed by atoms with Gasteiger partial charge in [0.25, 0.3) is 11.6 Å². The van der Waals surface area contributed by atoms with Crippen LogP contribution in [-0.4, -0.2) is 120 Å². The van der Waals surface area contributed by atoms with Crippen LogP contribution >= 0.6 is 0 Å². The van der Waals surface area contributed by atoms with E-state index in [0.717, 1.165) is 0 Å². The number of epoxide rings is 1. The molecule has 4 N–H and O–H groups in total. The second-order valence-electron chi connectivity index (χ2n) is 14.1. The molecule has 6 aliphatic rings. The summed E-state index contributed by atoms with van der Waals surface area (Å²) < 4.78 is 59.7. The summed E-state index contributed by atoms with van der Waals surface area (Å²) in [5.74, 6) is -5.53. The zero-order valence-corrected chi connectivity index (χ0v) is 28.5. The molecule has 4 fully saturated rings. The van der Waals surface area contributed by atoms with Gasteiger partial charge in [0.05, 0.1) is 36.9 Å². The molecule has 5 aliphatic heterocycles. The van der Waals surface area contributed by atoms with Crippen molar-refractivity contribution in [3.8, 4) is 17.2 Å². The number of carbonyl (C=O) groups excluding carboxylic acids is 2. The lowest BCUT2D eigenvalue weighted by molar-refractivity contribution is -0.344. The first-order valence-electron chi connectivity index (χ1n) is 16.4. The smallest absolute Gasteiger partial charge is 0.303 e. The van der Waals surface area contributed by atoms with E-state index in [4.69, 9.17) is 47.4 Å². The third kappa shape index (κ3) is 4.17. The molecule has 0 radical (unpaired) electrons. The van der Waals surface area contributed by atoms with Crippen molar-refractivity contribution in [3.63, 3.8) is 0 Å². The van der Waals surface area contributed by atoms with Gasteiger partial charge in [-0.1, -0.05) is 0 Å². The molecule has 0 aromatic heterocycles. The lowest BCUT2D eigenvalue weighted by Crippen LogP contribution is -2.69. The molecular formula is C34H40O16. The Morgan fingerprint density at radius 2 is 1.82 bits per heavy atom. The summed E-state index contributed by atoms with van der Waals surface area (Å²) in [5.41, 5.74) is -2.19. The Morgan fingerprint density at radius 1 is 1.12 bits per heavy atom. The maximum absolute atomic E-state index is 13.7. The summed E-state index contributed by atoms with van der Waals surface area (Å²) in [7, 11) is 4.21. The Labute approximate surface area is 285 Å². The van der Waals surface area contributed by atoms with Gasteiger partial charge in [-0.05, 0) is 32.4 Å². The number of ether oxygens (including phenoxy) is 10. The quantitative estimate of drug-likeness (QED) is 0.182. The molecule has 5 heterocycles. The number of hydrogen-bond donors (Lipinski definition) is 4. The number of aromatic hydroxyl groups is 1. The fourth-order valence-electron chi connectivity index (χ4n) is 8.83. The first kappa shape index (κ1) is 34.0. The number of aliphatic hydroxyl groups is 3. The third-order valence-electron chi connectivity index (χ3n) is 11.0. The van der Waals surface area contributed by atoms with Crippen LogP contribution in [0.5, 0.6) is 17.2 Å². The number of phenols is 1. The van der Waals surface area contributed by atoms with E-state index in [0.29, 0.717) is 16.5 Å². The summed E-state index contributed by atoms with van der Waals surface area (Å²) in [6.45, 7) is 6.12. The van der Waals surface area contributed by atoms with Crippen molar-refractivity contribution in [2.24, 2.45) is 0 Å². The molecule has 4 saturated heterocycles. The first-order valence-corrected chi connectivity index (χ1v) is 16.4. The van der Waals surface area contributed by atoms with Gasteiger partial charge in [0.15, 0.2) is 24.3 Å². The van der Waals surface area contributed by atoms with Crippen molar-refractivity contribution >= 4 is 22.5 Å². The van der Waals surface area contributed by atoms with Crippen molar-refractivity contribution in [2.75, 3.05) is 27.9 Å². The minimum Gasteiger partial charge on any atom is -0.506 e. The molecule has 2 aromatic carbocycles. The van der Waals surface area contributed by atoms with E-state index in [-0.39, 0.29) is 47.5 Å². The van der Waals surface area contributed by atoms with Crippen molar-refractivity contribution in [3.05, 3.63) is 28.3 Å². The maximum atomic E-state index is 13.7. The van der Waals surface area contributed by atoms with Gasteiger partial charge < -0.3 is 67.8 Å². The minimum absolute atomic E-state index is 0.00985. The molecule has 1 spiro atoms. The molecule has 16 nitrogen and oxygen atoms in total. The van der Waals surface area contributed by atoms with Crippen molar-refractivity contribution in [1.82, 2.24) is 0 Å². The van der Waals surface area contributed by atoms with E-state index in [9.17, 15) is 30.0 Å². The largest absolute Gasteiger partial charge is 0.506 e. The van der Waals surface area contributed by atoms with E-state index in [1.54, 1.807) is 19.9 Å². The highest BCUT2D eigenvalue weighted by Crippen LogP contribution is 2.71. The van der Waals surface area contributed by atoms with E-state index in [1.807, 2.05) is 0 Å². The third-order valence-corrected chi connectivity index (χ3v) is 11.0. The summed E-state index contributed by atoms with van der Waals surface area (Å²) in [4.78, 5) is 25.4. The predicted molar refractivity (Wildman–Crippen MR) is 164 cm³/mol. The van der Waals surface area contributed by atoms with Gasteiger partial charge >= 0.3 is 5.97 Å². The van der Waals surface area contributed by atoms with E-state index >= 15 is 0 Å². The van der Waals surface area contributed by atoms with E-state index < -0.39 is 89.5 Å². The van der Waals surface area contributed by atoms with Gasteiger partial charge in [0.1, 0.15) is 35.1 Å². The normalized spacial score (nSPS) is 40.9. The maximum Gasteiger partial charge on any atom is 0.303 e. The standard InChI is InChI=1S/C34H40O16/c1-12-8-15-25(48-33(40)29-26(15)49-34(50-29,30(42-6)43-7)32(33)11-44-32)22-19(12)27(41-5)20-17(9-16(36)23(37)21(20)24(22)38)47-18-10-31(4,39)28(13(2)45-18)46-14(3)35/h8,13,16-18,26,28-30,36,38-40H,9-11H2,1-7H3. The van der Waals surface area contributed by atoms with Crippen molar-refractivity contribution < 1.29 is 77.4 Å². The Morgan fingerprint density at radius 3 is 2.42 bits per heavy atom. The zero-order valence-electron chi connectivity index (χ0n) is 28.5. The van der Waals surface area contributed by atoms with Crippen LogP contribution in [0.1, 0.15) is 72.9 Å². The number of aryl methyl sites for hydroxylation is 1. The Bertz CT molecular complexity index is 1800. The number of Topliss-reactive ketones (excluding diaryl/α,β-unsaturated/α-hetero) is 1. The molecular weight excluding hydrogens is 664 g/mol. The molecule has 16 heteroatoms. The fraction of sp³-hybridized carbons (Fsp3) is 0.647. The number of phenolic OH excluding ortho intramolecular Hbond substituents is 1. The Balaban J connectivity index is 1.26. The van der Waals surface area contributed by atoms with E-state index in [2.05, 4.69) is 0 Å². The first-order chi connectivity index (χ1) is 23.6. The second-order valence-corrected chi connectivity index (χ2v) is 14.1. The predicted octanol–water partition coefficient (Wildman–Crippen LogP) is 1.32. The van der Waals surface area contributed by atoms with Crippen LogP contribution in [0.25, 0.3) is 10.8 Å². The second kappa shape index (κ2) is 10.9. The molecule has 0 amide bonds. The van der Waals surface area contributed by atoms with Gasteiger partial charge in [-0.2, -0.15) is 0 Å². The molecule has 272 valence electrons. The Kier molecular flexibility index (Phi) is 7.42. The number of rotatable bonds is 7. The molecule has 0 saturated carbocycles. The topological polar surface area (TPSA) is 211 Å². The number of esters is 1. The summed E-state index contributed by atoms with van der Waals surface area (Å²) in [6.07, 6.45) is -8.89. The molecule has 11 unspecified atom stereocenters. The number of benzene rings is 2. The summed E-state index contributed by atoms with van der Waals surface area (Å²) >= 11 is 0. The number of fused-ring (bicyclic) bond motifs is 8. The monoisotopic (exact) mass is 704 g/mol. The summed E-state index contributed by atoms with van der Waals surface area (Å²) in [6, 6.07) is 1.76. The highest BCUT2D eigenvalue weighted by molar-refractivity contribution is 6.13. The van der Waals surface area contributed by atoms with Crippen LogP contribution in [-0.2, 0) is 42.7 Å². The van der Waals surface area contributed by atoms with Crippen LogP contribution in [0, 0.1) is 6.92 Å². The Hall–Kier alpha value is -3.16. The van der Waals surface area contributed by atoms with E-state index in [1.165, 1.54) is 35.2 Å². The molecule has 8 rings (SSSR count). The van der Waals surface area contributed by atoms with Gasteiger partial charge in [-0.15, -0.1) is 0 Å². The van der Waals surface area contributed by atoms with Gasteiger partial charge in [0.2, 0.25) is 11.9 Å². The average molecular weight is 705 g/mol. The number of ketones is 1. The van der Waals surface area contributed by atoms with Gasteiger partial charge in [0, 0.05) is 50.5 Å². The highest BCUT2D eigenvalue weighted by Gasteiger charge is 2.92. The van der Waals surface area contributed by atoms with Crippen LogP contribution in [0.15, 0.2) is 6.07 Å². The van der Waals surface area contributed by atoms with Crippen LogP contribution in [0.4, 0.5) is 0 Å². The fourth-order valence-corrected chi connectivity index (χ4v) is 8.83. The van der Waals surface area contributed by atoms with Crippen LogP contribution < -0.4 is 9.47 Å². The lowest BCUT2D eigenvalue weighted by Gasteiger charge is -2.47. The van der Waals surface area contributed by atoms with Crippen LogP contribution in [0.2, 0.25) is 0 Å². The lowest BCUT2D eigenvalue weighted by atomic mass is 9.78. The van der Waals surface area contributed by atoms with Gasteiger partial charge in [-0.25, -0.2) is 0 Å². The zero-order chi connectivity index (χ0) is 35.9. The molecule has 2 bridgehead atoms. The van der Waals surface area contributed by atoms with Crippen molar-refractivity contribution in [2.45, 2.75) is 113 Å². The molecule has 2 aromatic rings. The number of hydrogen-bond acceptors (Lipinski definition) is 16. The SMILES string of the molecule is COc1c2c(c(O)c3c4c(cc(C)c13)C1OC3(C(OC)OC)OC1C(O)(O4)C31CO1)C(=O)C(O)CC2OC1CC(C)(O)C(OC(C)=O)C(C)O1. The highest BCUT2D eigenvalue weighted by atomic mass is 16.9. The van der Waals surface area contributed by atoms with Gasteiger partial charge in [-0.3, -0.25) is 9.59 Å². The van der Waals surface area contributed by atoms with Crippen LogP contribution in [0.3, 0.4) is 0 Å². The van der Waals surface area contributed by atoms with Crippen molar-refractivity contribution in [1.29, 1.82) is 0 Å². The molecule has 11 atom stereocenters. The number of methoxy groups -OCH3 is 3. The molecule has 1 aliphatic carbocycles. The number of carbonyl (C=O) groups is 2. The minimum atomic E-state index is -2.12. The average Bonchev–Trinajstić information content (AvgIpc) is 3.72. The molecule has 50 heavy (non-hydrogen) atoms. The summed E-state index contributed by atoms with van der Waals surface area (Å²) in [5, 5.41) is 46.9. The number of aliphatic hydroxyl groups excluding tert-OH is 1.